The van der Waals surface area contributed by atoms with Crippen LogP contribution in [0.15, 0.2) is 103 Å². The minimum absolute atomic E-state index is 0.0447. The molecule has 1 amide bonds. The highest BCUT2D eigenvalue weighted by Gasteiger charge is 2.76. The quantitative estimate of drug-likeness (QED) is 0.110. The first-order valence-electron chi connectivity index (χ1n) is 20.9. The summed E-state index contributed by atoms with van der Waals surface area (Å²) in [7, 11) is 0. The Balaban J connectivity index is 1.25. The van der Waals surface area contributed by atoms with Crippen molar-refractivity contribution in [3.63, 3.8) is 0 Å². The lowest BCUT2D eigenvalue weighted by Gasteiger charge is -2.47. The van der Waals surface area contributed by atoms with Crippen molar-refractivity contribution in [3.8, 4) is 0 Å². The fourth-order valence-corrected chi connectivity index (χ4v) is 11.1. The number of aliphatic hydroxyl groups is 2. The molecule has 4 aromatic carbocycles. The van der Waals surface area contributed by atoms with E-state index in [1.165, 1.54) is 5.57 Å². The van der Waals surface area contributed by atoms with Crippen molar-refractivity contribution in [1.82, 2.24) is 4.90 Å². The van der Waals surface area contributed by atoms with E-state index in [1.807, 2.05) is 87.5 Å². The number of fused-ring (bicyclic) bond motifs is 11. The Morgan fingerprint density at radius 1 is 0.860 bits per heavy atom. The number of ketones is 1. The van der Waals surface area contributed by atoms with Crippen LogP contribution in [0.2, 0.25) is 0 Å². The zero-order valence-electron chi connectivity index (χ0n) is 34.1. The lowest BCUT2D eigenvalue weighted by atomic mass is 9.64. The first kappa shape index (κ1) is 39.2. The highest BCUT2D eigenvalue weighted by Crippen LogP contribution is 2.66. The third kappa shape index (κ3) is 6.28. The van der Waals surface area contributed by atoms with Gasteiger partial charge in [0.2, 0.25) is 0 Å². The molecule has 7 nitrogen and oxygen atoms in total. The van der Waals surface area contributed by atoms with Gasteiger partial charge < -0.3 is 19.8 Å². The molecule has 6 unspecified atom stereocenters. The Kier molecular flexibility index (Phi) is 9.88. The van der Waals surface area contributed by atoms with Crippen molar-refractivity contribution < 1.29 is 29.3 Å². The van der Waals surface area contributed by atoms with E-state index in [0.717, 1.165) is 33.9 Å². The molecule has 57 heavy (non-hydrogen) atoms. The Hall–Kier alpha value is -4.59. The number of ether oxygens (including phenoxy) is 1. The summed E-state index contributed by atoms with van der Waals surface area (Å²) in [5.74, 6) is -0.869. The summed E-state index contributed by atoms with van der Waals surface area (Å²) in [5.41, 5.74) is 0.133. The predicted molar refractivity (Wildman–Crippen MR) is 223 cm³/mol. The number of aliphatic hydroxyl groups excluding tert-OH is 1. The molecule has 6 atom stereocenters. The molecule has 298 valence electrons. The van der Waals surface area contributed by atoms with Crippen molar-refractivity contribution in [2.45, 2.75) is 122 Å². The lowest BCUT2D eigenvalue weighted by molar-refractivity contribution is -0.178. The number of amides is 1. The largest absolute Gasteiger partial charge is 0.448 e. The maximum Gasteiger partial charge on any atom is 0.313 e. The van der Waals surface area contributed by atoms with E-state index in [2.05, 4.69) is 44.2 Å². The number of benzene rings is 4. The Bertz CT molecular complexity index is 2260. The van der Waals surface area contributed by atoms with Crippen molar-refractivity contribution in [3.05, 3.63) is 130 Å². The standard InChI is InChI=1S/C50H57NO6/c1-33-13-12-25-47(4)42(40-23-21-34(29-38(52)22-20-33)30-41(40)43(53)36-15-7-6-8-16-36)24-26-49(47,56)32-51(31-37-18-11-17-35-14-9-10-19-39(35)37)44(54)50-28-27-48(5,45(55)57-50)46(50,2)3/h6-11,13-19,21,23,30,38,42,52,56H,12,20,22,24-29,31-32H2,1-5H3. The number of rotatable bonds is 7. The van der Waals surface area contributed by atoms with Gasteiger partial charge in [-0.25, -0.2) is 0 Å². The Morgan fingerprint density at radius 2 is 1.60 bits per heavy atom. The molecular formula is C50H57NO6. The second kappa shape index (κ2) is 14.4. The van der Waals surface area contributed by atoms with Crippen LogP contribution in [0.1, 0.15) is 125 Å². The second-order valence-electron chi connectivity index (χ2n) is 18.6. The predicted octanol–water partition coefficient (Wildman–Crippen LogP) is 9.26. The highest BCUT2D eigenvalue weighted by molar-refractivity contribution is 6.10. The van der Waals surface area contributed by atoms with E-state index in [1.54, 1.807) is 4.90 Å². The minimum atomic E-state index is -1.36. The van der Waals surface area contributed by atoms with E-state index in [9.17, 15) is 19.8 Å². The van der Waals surface area contributed by atoms with Crippen LogP contribution in [0, 0.1) is 16.2 Å². The number of carbonyl (C=O) groups is 3. The van der Waals surface area contributed by atoms with Gasteiger partial charge in [-0.15, -0.1) is 0 Å². The van der Waals surface area contributed by atoms with Gasteiger partial charge >= 0.3 is 5.97 Å². The van der Waals surface area contributed by atoms with Crippen LogP contribution in [0.4, 0.5) is 0 Å². The molecule has 2 N–H and O–H groups in total. The summed E-state index contributed by atoms with van der Waals surface area (Å²) in [6, 6.07) is 29.6. The number of esters is 1. The Morgan fingerprint density at radius 3 is 2.33 bits per heavy atom. The fourth-order valence-electron chi connectivity index (χ4n) is 11.1. The number of allylic oxidation sites excluding steroid dienone is 2. The smallest absolute Gasteiger partial charge is 0.313 e. The van der Waals surface area contributed by atoms with E-state index in [0.29, 0.717) is 62.5 Å². The molecule has 3 fully saturated rings. The number of hydrogen-bond acceptors (Lipinski definition) is 6. The third-order valence-electron chi connectivity index (χ3n) is 15.4. The Labute approximate surface area is 337 Å². The SMILES string of the molecule is CC1=CCCC2(C)C(CCC2(O)CN(Cc2cccc3ccccc23)C(=O)C23CCC(C)(C(=O)O2)C3(C)C)c2ccc(cc2C(=O)c2ccccc2)CC(O)CC1. The molecule has 4 aliphatic carbocycles. The zero-order valence-corrected chi connectivity index (χ0v) is 34.1. The van der Waals surface area contributed by atoms with Crippen LogP contribution >= 0.6 is 0 Å². The molecular weight excluding hydrogens is 711 g/mol. The van der Waals surface area contributed by atoms with Crippen molar-refractivity contribution in [2.75, 3.05) is 6.54 Å². The molecule has 0 radical (unpaired) electrons. The topological polar surface area (TPSA) is 104 Å². The van der Waals surface area contributed by atoms with Gasteiger partial charge in [0, 0.05) is 28.5 Å². The average molecular weight is 768 g/mol. The van der Waals surface area contributed by atoms with E-state index in [4.69, 9.17) is 4.74 Å². The van der Waals surface area contributed by atoms with Gasteiger partial charge in [-0.3, -0.25) is 14.4 Å². The van der Waals surface area contributed by atoms with E-state index >= 15 is 4.79 Å². The number of carbonyl (C=O) groups excluding carboxylic acids is 3. The molecule has 4 aromatic rings. The summed E-state index contributed by atoms with van der Waals surface area (Å²) in [5, 5.41) is 26.6. The molecule has 7 heteroatoms. The van der Waals surface area contributed by atoms with E-state index in [-0.39, 0.29) is 36.7 Å². The van der Waals surface area contributed by atoms with Gasteiger partial charge in [0.05, 0.1) is 23.7 Å². The normalized spacial score (nSPS) is 30.7. The molecule has 5 aliphatic rings. The summed E-state index contributed by atoms with van der Waals surface area (Å²) in [4.78, 5) is 45.2. The molecule has 0 spiro atoms. The van der Waals surface area contributed by atoms with Crippen LogP contribution in [-0.4, -0.2) is 56.6 Å². The first-order chi connectivity index (χ1) is 27.1. The lowest BCUT2D eigenvalue weighted by Crippen LogP contribution is -2.60. The van der Waals surface area contributed by atoms with Gasteiger partial charge in [0.15, 0.2) is 11.4 Å². The monoisotopic (exact) mass is 767 g/mol. The van der Waals surface area contributed by atoms with Crippen molar-refractivity contribution in [1.29, 1.82) is 0 Å². The van der Waals surface area contributed by atoms with Gasteiger partial charge in [0.25, 0.3) is 5.91 Å². The maximum atomic E-state index is 15.5. The minimum Gasteiger partial charge on any atom is -0.448 e. The van der Waals surface area contributed by atoms with Crippen LogP contribution in [0.3, 0.4) is 0 Å². The number of hydrogen-bond donors (Lipinski definition) is 2. The third-order valence-corrected chi connectivity index (χ3v) is 15.4. The molecule has 0 aromatic heterocycles. The molecule has 9 rings (SSSR count). The zero-order chi connectivity index (χ0) is 40.4. The van der Waals surface area contributed by atoms with Crippen molar-refractivity contribution >= 4 is 28.4 Å². The maximum absolute atomic E-state index is 15.5. The number of nitrogens with zero attached hydrogens (tertiary/aromatic N) is 1. The molecule has 1 heterocycles. The van der Waals surface area contributed by atoms with Gasteiger partial charge in [-0.1, -0.05) is 117 Å². The molecule has 1 aliphatic heterocycles. The molecule has 4 bridgehead atoms. The fraction of sp³-hybridized carbons (Fsp3) is 0.460. The van der Waals surface area contributed by atoms with E-state index < -0.39 is 33.6 Å². The van der Waals surface area contributed by atoms with Crippen LogP contribution < -0.4 is 0 Å². The summed E-state index contributed by atoms with van der Waals surface area (Å²) in [6.07, 6.45) is 6.86. The van der Waals surface area contributed by atoms with Crippen molar-refractivity contribution in [2.24, 2.45) is 16.2 Å². The van der Waals surface area contributed by atoms with Crippen LogP contribution in [-0.2, 0) is 27.3 Å². The second-order valence-corrected chi connectivity index (χ2v) is 18.6. The molecule has 2 saturated carbocycles. The summed E-state index contributed by atoms with van der Waals surface area (Å²) < 4.78 is 6.22. The van der Waals surface area contributed by atoms with Gasteiger partial charge in [-0.2, -0.15) is 0 Å². The summed E-state index contributed by atoms with van der Waals surface area (Å²) in [6.45, 7) is 10.4. The highest BCUT2D eigenvalue weighted by atomic mass is 16.6. The van der Waals surface area contributed by atoms with Crippen LogP contribution in [0.5, 0.6) is 0 Å². The van der Waals surface area contributed by atoms with Crippen LogP contribution in [0.25, 0.3) is 10.8 Å². The van der Waals surface area contributed by atoms with Gasteiger partial charge in [0.1, 0.15) is 0 Å². The average Bonchev–Trinajstić information content (AvgIpc) is 3.64. The summed E-state index contributed by atoms with van der Waals surface area (Å²) >= 11 is 0. The molecule has 1 saturated heterocycles. The first-order valence-corrected chi connectivity index (χ1v) is 20.9. The van der Waals surface area contributed by atoms with Gasteiger partial charge in [-0.05, 0) is 111 Å².